The van der Waals surface area contributed by atoms with Crippen molar-refractivity contribution in [3.63, 3.8) is 0 Å². The SMILES string of the molecule is CC.Cc1ccccc1-c1[c-]cccc1.[CH3-].[K+]. The van der Waals surface area contributed by atoms with Crippen molar-refractivity contribution < 1.29 is 51.4 Å². The monoisotopic (exact) mass is 251 g/mol. The van der Waals surface area contributed by atoms with Crippen molar-refractivity contribution in [3.8, 4) is 11.1 Å². The van der Waals surface area contributed by atoms with Crippen molar-refractivity contribution in [2.75, 3.05) is 0 Å². The van der Waals surface area contributed by atoms with Crippen LogP contribution in [-0.2, 0) is 0 Å². The molecule has 0 radical (unpaired) electrons. The molecule has 0 heterocycles. The van der Waals surface area contributed by atoms with Gasteiger partial charge in [0.1, 0.15) is 0 Å². The maximum Gasteiger partial charge on any atom is 1.00 e. The van der Waals surface area contributed by atoms with E-state index in [-0.39, 0.29) is 58.8 Å². The normalized spacial score (nSPS) is 7.94. The van der Waals surface area contributed by atoms with Gasteiger partial charge in [-0.05, 0) is 6.92 Å². The largest absolute Gasteiger partial charge is 1.00 e. The Hall–Kier alpha value is 0.0764. The van der Waals surface area contributed by atoms with E-state index in [4.69, 9.17) is 0 Å². The maximum atomic E-state index is 3.23. The number of rotatable bonds is 1. The zero-order valence-electron chi connectivity index (χ0n) is 11.6. The molecule has 0 spiro atoms. The summed E-state index contributed by atoms with van der Waals surface area (Å²) in [7, 11) is 0. The smallest absolute Gasteiger partial charge is 0.358 e. The van der Waals surface area contributed by atoms with Crippen LogP contribution in [-0.4, -0.2) is 0 Å². The first kappa shape index (κ1) is 19.4. The van der Waals surface area contributed by atoms with Crippen molar-refractivity contribution in [2.24, 2.45) is 0 Å². The fourth-order valence-corrected chi connectivity index (χ4v) is 1.44. The van der Waals surface area contributed by atoms with Crippen molar-refractivity contribution >= 4 is 0 Å². The first-order valence-electron chi connectivity index (χ1n) is 5.40. The van der Waals surface area contributed by atoms with Crippen LogP contribution in [0.4, 0.5) is 0 Å². The molecule has 2 rings (SSSR count). The van der Waals surface area contributed by atoms with E-state index < -0.39 is 0 Å². The molecule has 2 aromatic rings. The van der Waals surface area contributed by atoms with Gasteiger partial charge in [0.2, 0.25) is 0 Å². The van der Waals surface area contributed by atoms with Gasteiger partial charge in [0.05, 0.1) is 0 Å². The fraction of sp³-hybridized carbons (Fsp3) is 0.188. The number of hydrogen-bond acceptors (Lipinski definition) is 0. The van der Waals surface area contributed by atoms with Gasteiger partial charge < -0.3 is 7.43 Å². The van der Waals surface area contributed by atoms with Crippen molar-refractivity contribution in [2.45, 2.75) is 20.8 Å². The average molecular weight is 251 g/mol. The molecule has 2 aromatic carbocycles. The molecule has 0 saturated heterocycles. The standard InChI is InChI=1S/C13H11.C2H6.CH3.K/c1-11-7-5-6-10-13(11)12-8-3-2-4-9-12;1-2;;/h2-8,10H,1H3;1-2H3;1H3;/q-1;;-1;+1. The van der Waals surface area contributed by atoms with E-state index in [1.54, 1.807) is 0 Å². The predicted molar refractivity (Wildman–Crippen MR) is 73.2 cm³/mol. The average Bonchev–Trinajstić information content (AvgIpc) is 2.33. The van der Waals surface area contributed by atoms with E-state index in [0.717, 1.165) is 0 Å². The summed E-state index contributed by atoms with van der Waals surface area (Å²) in [5.74, 6) is 0. The minimum atomic E-state index is 0. The van der Waals surface area contributed by atoms with Gasteiger partial charge in [-0.2, -0.15) is 0 Å². The minimum Gasteiger partial charge on any atom is -0.358 e. The predicted octanol–water partition coefficient (Wildman–Crippen LogP) is 1.94. The summed E-state index contributed by atoms with van der Waals surface area (Å²) >= 11 is 0. The summed E-state index contributed by atoms with van der Waals surface area (Å²) in [6.07, 6.45) is 0. The third kappa shape index (κ3) is 5.98. The van der Waals surface area contributed by atoms with Crippen molar-refractivity contribution in [1.29, 1.82) is 0 Å². The first-order chi connectivity index (χ1) is 7.38. The molecular weight excluding hydrogens is 231 g/mol. The molecule has 0 aliphatic carbocycles. The van der Waals surface area contributed by atoms with Crippen LogP contribution in [0.3, 0.4) is 0 Å². The minimum absolute atomic E-state index is 0. The van der Waals surface area contributed by atoms with Crippen LogP contribution in [0.15, 0.2) is 48.5 Å². The molecule has 0 aromatic heterocycles. The molecule has 0 aliphatic heterocycles. The summed E-state index contributed by atoms with van der Waals surface area (Å²) in [4.78, 5) is 0. The van der Waals surface area contributed by atoms with Gasteiger partial charge in [0.15, 0.2) is 0 Å². The molecule has 86 valence electrons. The van der Waals surface area contributed by atoms with Gasteiger partial charge in [0.25, 0.3) is 0 Å². The van der Waals surface area contributed by atoms with E-state index in [1.165, 1.54) is 16.7 Å². The first-order valence-corrected chi connectivity index (χ1v) is 5.40. The van der Waals surface area contributed by atoms with E-state index in [0.29, 0.717) is 0 Å². The van der Waals surface area contributed by atoms with Crippen molar-refractivity contribution in [1.82, 2.24) is 0 Å². The van der Waals surface area contributed by atoms with Crippen LogP contribution >= 0.6 is 0 Å². The van der Waals surface area contributed by atoms with Gasteiger partial charge in [-0.1, -0.05) is 49.2 Å². The molecule has 0 atom stereocenters. The van der Waals surface area contributed by atoms with E-state index in [1.807, 2.05) is 32.0 Å². The zero-order valence-corrected chi connectivity index (χ0v) is 14.7. The van der Waals surface area contributed by atoms with Crippen LogP contribution in [0.25, 0.3) is 11.1 Å². The topological polar surface area (TPSA) is 0 Å². The molecule has 0 N–H and O–H groups in total. The van der Waals surface area contributed by atoms with Crippen LogP contribution in [0.2, 0.25) is 0 Å². The molecule has 0 unspecified atom stereocenters. The molecule has 0 fully saturated rings. The van der Waals surface area contributed by atoms with Gasteiger partial charge in [0, 0.05) is 0 Å². The van der Waals surface area contributed by atoms with Crippen LogP contribution in [0, 0.1) is 20.4 Å². The van der Waals surface area contributed by atoms with E-state index >= 15 is 0 Å². The molecule has 0 bridgehead atoms. The van der Waals surface area contributed by atoms with Gasteiger partial charge in [-0.25, -0.2) is 0 Å². The summed E-state index contributed by atoms with van der Waals surface area (Å²) in [6, 6.07) is 19.6. The molecule has 17 heavy (non-hydrogen) atoms. The summed E-state index contributed by atoms with van der Waals surface area (Å²) in [5.41, 5.74) is 3.73. The molecule has 0 saturated carbocycles. The second-order valence-corrected chi connectivity index (χ2v) is 3.09. The number of hydrogen-bond donors (Lipinski definition) is 0. The van der Waals surface area contributed by atoms with Crippen LogP contribution in [0.1, 0.15) is 19.4 Å². The molecule has 0 aliphatic rings. The zero-order chi connectivity index (χ0) is 11.1. The maximum absolute atomic E-state index is 3.23. The summed E-state index contributed by atoms with van der Waals surface area (Å²) in [6.45, 7) is 6.12. The van der Waals surface area contributed by atoms with Gasteiger partial charge in [-0.3, -0.25) is 0 Å². The summed E-state index contributed by atoms with van der Waals surface area (Å²) in [5, 5.41) is 0. The Bertz CT molecular complexity index is 393. The molecular formula is C16H20K-. The molecule has 1 heteroatoms. The number of aryl methyl sites for hydroxylation is 1. The Balaban J connectivity index is 0. The third-order valence-electron chi connectivity index (χ3n) is 2.14. The Labute approximate surface area is 149 Å². The molecule has 0 nitrogen and oxygen atoms in total. The van der Waals surface area contributed by atoms with Gasteiger partial charge in [-0.15, -0.1) is 35.9 Å². The van der Waals surface area contributed by atoms with Crippen molar-refractivity contribution in [3.05, 3.63) is 67.6 Å². The Kier molecular flexibility index (Phi) is 12.8. The van der Waals surface area contributed by atoms with E-state index in [9.17, 15) is 0 Å². The van der Waals surface area contributed by atoms with Gasteiger partial charge >= 0.3 is 51.4 Å². The quantitative estimate of drug-likeness (QED) is 0.537. The Morgan fingerprint density at radius 3 is 2.00 bits per heavy atom. The second-order valence-electron chi connectivity index (χ2n) is 3.09. The Morgan fingerprint density at radius 2 is 1.47 bits per heavy atom. The van der Waals surface area contributed by atoms with Crippen LogP contribution < -0.4 is 51.4 Å². The fourth-order valence-electron chi connectivity index (χ4n) is 1.44. The third-order valence-corrected chi connectivity index (χ3v) is 2.14. The molecule has 0 amide bonds. The van der Waals surface area contributed by atoms with Crippen LogP contribution in [0.5, 0.6) is 0 Å². The second kappa shape index (κ2) is 11.2. The number of benzene rings is 2. The Morgan fingerprint density at radius 1 is 0.882 bits per heavy atom. The summed E-state index contributed by atoms with van der Waals surface area (Å²) < 4.78 is 0. The van der Waals surface area contributed by atoms with E-state index in [2.05, 4.69) is 43.3 Å².